The monoisotopic (exact) mass is 386 g/mol. The van der Waals surface area contributed by atoms with E-state index in [1.807, 2.05) is 18.2 Å². The summed E-state index contributed by atoms with van der Waals surface area (Å²) in [6.07, 6.45) is 7.66. The molecule has 3 heterocycles. The normalized spacial score (nSPS) is 22.9. The second kappa shape index (κ2) is 9.84. The van der Waals surface area contributed by atoms with Crippen LogP contribution < -0.4 is 5.32 Å². The van der Waals surface area contributed by atoms with Crippen LogP contribution in [0.25, 0.3) is 0 Å². The average molecular weight is 387 g/mol. The molecule has 0 saturated carbocycles. The number of nitrogens with one attached hydrogen (secondary N) is 1. The second-order valence-electron chi connectivity index (χ2n) is 9.76. The van der Waals surface area contributed by atoms with Gasteiger partial charge in [-0.3, -0.25) is 14.7 Å². The third kappa shape index (κ3) is 6.56. The topological polar surface area (TPSA) is 48.5 Å². The van der Waals surface area contributed by atoms with Crippen LogP contribution in [0.5, 0.6) is 0 Å². The highest BCUT2D eigenvalue weighted by Crippen LogP contribution is 2.25. The fraction of sp³-hybridized carbons (Fsp3) is 0.739. The molecule has 2 fully saturated rings. The predicted octanol–water partition coefficient (Wildman–Crippen LogP) is 3.31. The lowest BCUT2D eigenvalue weighted by Gasteiger charge is -2.42. The maximum absolute atomic E-state index is 12.7. The van der Waals surface area contributed by atoms with E-state index in [4.69, 9.17) is 0 Å². The van der Waals surface area contributed by atoms with Crippen LogP contribution in [0, 0.1) is 11.3 Å². The molecule has 0 bridgehead atoms. The highest BCUT2D eigenvalue weighted by atomic mass is 16.1. The number of piperidine rings is 2. The van der Waals surface area contributed by atoms with Gasteiger partial charge < -0.3 is 10.2 Å². The molecule has 5 heteroatoms. The van der Waals surface area contributed by atoms with Crippen LogP contribution in [0.4, 0.5) is 0 Å². The minimum absolute atomic E-state index is 0.122. The first-order valence-corrected chi connectivity index (χ1v) is 11.0. The molecule has 1 aromatic rings. The number of hydrogen-bond donors (Lipinski definition) is 1. The summed E-state index contributed by atoms with van der Waals surface area (Å²) in [4.78, 5) is 22.2. The van der Waals surface area contributed by atoms with Crippen molar-refractivity contribution in [2.24, 2.45) is 11.3 Å². The van der Waals surface area contributed by atoms with Gasteiger partial charge in [0.05, 0.1) is 18.2 Å². The number of hydrogen-bond acceptors (Lipinski definition) is 4. The van der Waals surface area contributed by atoms with Crippen LogP contribution >= 0.6 is 0 Å². The van der Waals surface area contributed by atoms with E-state index in [9.17, 15) is 4.79 Å². The molecule has 2 aliphatic heterocycles. The maximum atomic E-state index is 12.7. The van der Waals surface area contributed by atoms with Gasteiger partial charge in [-0.05, 0) is 75.8 Å². The molecular formula is C23H38N4O. The molecule has 5 nitrogen and oxygen atoms in total. The molecule has 1 aromatic heterocycles. The first-order chi connectivity index (χ1) is 13.4. The molecular weight excluding hydrogens is 348 g/mol. The Hall–Kier alpha value is -1.46. The molecule has 0 radical (unpaired) electrons. The Morgan fingerprint density at radius 1 is 1.18 bits per heavy atom. The maximum Gasteiger partial charge on any atom is 0.224 e. The Balaban J connectivity index is 1.41. The molecule has 1 N–H and O–H groups in total. The zero-order valence-electron chi connectivity index (χ0n) is 18.0. The largest absolute Gasteiger partial charge is 0.350 e. The Kier molecular flexibility index (Phi) is 7.47. The van der Waals surface area contributed by atoms with Crippen LogP contribution in [-0.2, 0) is 11.3 Å². The Morgan fingerprint density at radius 2 is 1.96 bits per heavy atom. The van der Waals surface area contributed by atoms with Crippen molar-refractivity contribution in [3.63, 3.8) is 0 Å². The minimum Gasteiger partial charge on any atom is -0.350 e. The van der Waals surface area contributed by atoms with E-state index in [0.29, 0.717) is 18.0 Å². The summed E-state index contributed by atoms with van der Waals surface area (Å²) < 4.78 is 0. The number of likely N-dealkylation sites (tertiary alicyclic amines) is 2. The molecule has 0 aromatic carbocycles. The number of rotatable bonds is 6. The fourth-order valence-electron chi connectivity index (χ4n) is 4.38. The van der Waals surface area contributed by atoms with Gasteiger partial charge in [0.1, 0.15) is 0 Å². The van der Waals surface area contributed by atoms with Crippen molar-refractivity contribution in [1.82, 2.24) is 20.1 Å². The summed E-state index contributed by atoms with van der Waals surface area (Å²) >= 11 is 0. The number of carbonyl (C=O) groups is 1. The van der Waals surface area contributed by atoms with Crippen LogP contribution in [0.3, 0.4) is 0 Å². The van der Waals surface area contributed by atoms with Gasteiger partial charge in [0.15, 0.2) is 0 Å². The second-order valence-corrected chi connectivity index (χ2v) is 9.76. The zero-order valence-corrected chi connectivity index (χ0v) is 18.0. The standard InChI is InChI=1S/C23H38N4O/c1-23(2,3)11-16-26-14-9-21(10-15-26)27-13-6-7-19(18-27)22(28)25-17-20-8-4-5-12-24-20/h4-5,8,12,19,21H,6-7,9-11,13-18H2,1-3H3,(H,25,28)/t19-/m1/s1. The lowest BCUT2D eigenvalue weighted by Crippen LogP contribution is -2.51. The highest BCUT2D eigenvalue weighted by Gasteiger charge is 2.31. The molecule has 28 heavy (non-hydrogen) atoms. The van der Waals surface area contributed by atoms with Crippen LogP contribution in [-0.4, -0.2) is 59.5 Å². The van der Waals surface area contributed by atoms with Crippen molar-refractivity contribution in [3.05, 3.63) is 30.1 Å². The van der Waals surface area contributed by atoms with Crippen LogP contribution in [0.1, 0.15) is 58.6 Å². The summed E-state index contributed by atoms with van der Waals surface area (Å²) in [5.74, 6) is 0.314. The van der Waals surface area contributed by atoms with Gasteiger partial charge in [0.2, 0.25) is 5.91 Å². The van der Waals surface area contributed by atoms with E-state index in [1.54, 1.807) is 6.20 Å². The number of carbonyl (C=O) groups excluding carboxylic acids is 1. The Bertz CT molecular complexity index is 605. The van der Waals surface area contributed by atoms with Gasteiger partial charge in [-0.15, -0.1) is 0 Å². The third-order valence-electron chi connectivity index (χ3n) is 6.25. The van der Waals surface area contributed by atoms with E-state index in [-0.39, 0.29) is 11.8 Å². The van der Waals surface area contributed by atoms with Gasteiger partial charge >= 0.3 is 0 Å². The van der Waals surface area contributed by atoms with Gasteiger partial charge in [0, 0.05) is 18.8 Å². The number of aromatic nitrogens is 1. The van der Waals surface area contributed by atoms with Gasteiger partial charge in [0.25, 0.3) is 0 Å². The molecule has 0 aliphatic carbocycles. The quantitative estimate of drug-likeness (QED) is 0.815. The van der Waals surface area contributed by atoms with Gasteiger partial charge in [-0.25, -0.2) is 0 Å². The lowest BCUT2D eigenvalue weighted by atomic mass is 9.91. The molecule has 1 atom stereocenters. The zero-order chi connectivity index (χ0) is 20.0. The molecule has 3 rings (SSSR count). The number of nitrogens with zero attached hydrogens (tertiary/aromatic N) is 3. The van der Waals surface area contributed by atoms with E-state index in [0.717, 1.165) is 31.6 Å². The first kappa shape index (κ1) is 21.3. The Labute approximate surface area is 170 Å². The van der Waals surface area contributed by atoms with E-state index in [1.165, 1.54) is 38.9 Å². The summed E-state index contributed by atoms with van der Waals surface area (Å²) in [7, 11) is 0. The van der Waals surface area contributed by atoms with Crippen LogP contribution in [0.2, 0.25) is 0 Å². The Morgan fingerprint density at radius 3 is 2.64 bits per heavy atom. The fourth-order valence-corrected chi connectivity index (χ4v) is 4.38. The molecule has 0 spiro atoms. The van der Waals surface area contributed by atoms with Crippen molar-refractivity contribution < 1.29 is 4.79 Å². The predicted molar refractivity (Wildman–Crippen MR) is 114 cm³/mol. The molecule has 2 saturated heterocycles. The molecule has 156 valence electrons. The SMILES string of the molecule is CC(C)(C)CCN1CCC(N2CCC[C@@H](C(=O)NCc3ccccn3)C2)CC1. The van der Waals surface area contributed by atoms with Crippen molar-refractivity contribution in [3.8, 4) is 0 Å². The smallest absolute Gasteiger partial charge is 0.224 e. The number of pyridine rings is 1. The van der Waals surface area contributed by atoms with E-state index >= 15 is 0 Å². The van der Waals surface area contributed by atoms with Crippen molar-refractivity contribution >= 4 is 5.91 Å². The lowest BCUT2D eigenvalue weighted by molar-refractivity contribution is -0.127. The molecule has 2 aliphatic rings. The summed E-state index contributed by atoms with van der Waals surface area (Å²) in [5, 5.41) is 3.09. The van der Waals surface area contributed by atoms with Crippen molar-refractivity contribution in [2.75, 3.05) is 32.7 Å². The van der Waals surface area contributed by atoms with Gasteiger partial charge in [-0.2, -0.15) is 0 Å². The molecule has 0 unspecified atom stereocenters. The third-order valence-corrected chi connectivity index (χ3v) is 6.25. The summed E-state index contributed by atoms with van der Waals surface area (Å²) in [5.41, 5.74) is 1.34. The van der Waals surface area contributed by atoms with Crippen molar-refractivity contribution in [1.29, 1.82) is 0 Å². The van der Waals surface area contributed by atoms with Crippen molar-refractivity contribution in [2.45, 2.75) is 65.5 Å². The highest BCUT2D eigenvalue weighted by molar-refractivity contribution is 5.78. The molecule has 1 amide bonds. The number of amides is 1. The minimum atomic E-state index is 0.122. The average Bonchev–Trinajstić information content (AvgIpc) is 2.71. The van der Waals surface area contributed by atoms with E-state index in [2.05, 4.69) is 40.9 Å². The van der Waals surface area contributed by atoms with Gasteiger partial charge in [-0.1, -0.05) is 26.8 Å². The first-order valence-electron chi connectivity index (χ1n) is 11.0. The van der Waals surface area contributed by atoms with Crippen LogP contribution in [0.15, 0.2) is 24.4 Å². The van der Waals surface area contributed by atoms with E-state index < -0.39 is 0 Å². The summed E-state index contributed by atoms with van der Waals surface area (Å²) in [6, 6.07) is 6.47. The summed E-state index contributed by atoms with van der Waals surface area (Å²) in [6.45, 7) is 13.2.